The van der Waals surface area contributed by atoms with Crippen LogP contribution in [-0.4, -0.2) is 0 Å². The molecule has 0 heterocycles. The maximum Gasteiger partial charge on any atom is 0.0393 e. The zero-order valence-electron chi connectivity index (χ0n) is 6.27. The molecule has 1 nitrogen and oxygen atoms in total. The van der Waals surface area contributed by atoms with Crippen LogP contribution in [0.4, 0.5) is 0 Å². The van der Waals surface area contributed by atoms with Crippen LogP contribution in [-0.2, 0) is 6.42 Å². The fraction of sp³-hybridized carbons (Fsp3) is 0.111. The lowest BCUT2D eigenvalue weighted by Gasteiger charge is -2.02. The van der Waals surface area contributed by atoms with Crippen molar-refractivity contribution in [2.24, 2.45) is 5.73 Å². The molecule has 0 spiro atoms. The maximum absolute atomic E-state index is 5.73. The summed E-state index contributed by atoms with van der Waals surface area (Å²) in [6.07, 6.45) is 2.89. The highest BCUT2D eigenvalue weighted by molar-refractivity contribution is 9.13. The molecule has 2 rings (SSSR count). The molecule has 0 atom stereocenters. The number of hydrogen-bond acceptors (Lipinski definition) is 1. The second-order valence-electron chi connectivity index (χ2n) is 2.83. The number of allylic oxidation sites excluding steroid dienone is 1. The molecule has 0 amide bonds. The van der Waals surface area contributed by atoms with Crippen molar-refractivity contribution in [2.45, 2.75) is 6.42 Å². The van der Waals surface area contributed by atoms with Crippen molar-refractivity contribution in [3.63, 3.8) is 0 Å². The number of hydrogen-bond donors (Lipinski definition) is 1. The van der Waals surface area contributed by atoms with E-state index in [-0.39, 0.29) is 0 Å². The van der Waals surface area contributed by atoms with Crippen LogP contribution in [0.2, 0.25) is 0 Å². The summed E-state index contributed by atoms with van der Waals surface area (Å²) in [5.41, 5.74) is 9.17. The van der Waals surface area contributed by atoms with Crippen LogP contribution in [0, 0.1) is 0 Å². The van der Waals surface area contributed by atoms with Crippen molar-refractivity contribution in [3.05, 3.63) is 37.9 Å². The van der Waals surface area contributed by atoms with E-state index in [0.717, 1.165) is 21.1 Å². The second kappa shape index (κ2) is 2.89. The quantitative estimate of drug-likeness (QED) is 0.780. The molecule has 1 aliphatic rings. The smallest absolute Gasteiger partial charge is 0.0393 e. The Morgan fingerprint density at radius 1 is 1.25 bits per heavy atom. The van der Waals surface area contributed by atoms with E-state index in [1.807, 2.05) is 12.1 Å². The Kier molecular flexibility index (Phi) is 2.00. The SMILES string of the molecule is NC1=Cc2c(ccc(Br)c2Br)C1. The molecule has 1 aliphatic carbocycles. The maximum atomic E-state index is 5.73. The van der Waals surface area contributed by atoms with E-state index in [1.54, 1.807) is 0 Å². The lowest BCUT2D eigenvalue weighted by Crippen LogP contribution is -1.94. The van der Waals surface area contributed by atoms with Gasteiger partial charge in [0.15, 0.2) is 0 Å². The summed E-state index contributed by atoms with van der Waals surface area (Å²) >= 11 is 6.96. The van der Waals surface area contributed by atoms with Crippen molar-refractivity contribution in [3.8, 4) is 0 Å². The Bertz CT molecular complexity index is 369. The topological polar surface area (TPSA) is 26.0 Å². The van der Waals surface area contributed by atoms with Crippen LogP contribution in [0.3, 0.4) is 0 Å². The predicted octanol–water partition coefficient (Wildman–Crippen LogP) is 3.07. The fourth-order valence-corrected chi connectivity index (χ4v) is 2.22. The highest BCUT2D eigenvalue weighted by Gasteiger charge is 2.14. The highest BCUT2D eigenvalue weighted by atomic mass is 79.9. The van der Waals surface area contributed by atoms with Gasteiger partial charge in [-0.3, -0.25) is 0 Å². The number of rotatable bonds is 0. The summed E-state index contributed by atoms with van der Waals surface area (Å²) in [5.74, 6) is 0. The molecule has 1 aromatic carbocycles. The van der Waals surface area contributed by atoms with Gasteiger partial charge in [0.1, 0.15) is 0 Å². The van der Waals surface area contributed by atoms with E-state index in [9.17, 15) is 0 Å². The molecule has 3 heteroatoms. The molecule has 0 aliphatic heterocycles. The first-order valence-electron chi connectivity index (χ1n) is 3.61. The average Bonchev–Trinajstić information content (AvgIpc) is 2.39. The number of halogens is 2. The fourth-order valence-electron chi connectivity index (χ4n) is 1.37. The largest absolute Gasteiger partial charge is 0.402 e. The van der Waals surface area contributed by atoms with Gasteiger partial charge in [-0.1, -0.05) is 6.07 Å². The third-order valence-corrected chi connectivity index (χ3v) is 3.99. The van der Waals surface area contributed by atoms with Crippen LogP contribution in [0.15, 0.2) is 26.8 Å². The van der Waals surface area contributed by atoms with Crippen molar-refractivity contribution in [1.82, 2.24) is 0 Å². The monoisotopic (exact) mass is 287 g/mol. The summed E-state index contributed by atoms with van der Waals surface area (Å²) in [6.45, 7) is 0. The highest BCUT2D eigenvalue weighted by Crippen LogP contribution is 2.34. The Balaban J connectivity index is 2.65. The Labute approximate surface area is 87.9 Å². The zero-order chi connectivity index (χ0) is 8.72. The lowest BCUT2D eigenvalue weighted by molar-refractivity contribution is 1.16. The standard InChI is InChI=1S/C9H7Br2N/c10-8-2-1-5-3-6(12)4-7(5)9(8)11/h1-2,4H,3,12H2. The average molecular weight is 289 g/mol. The number of benzene rings is 1. The molecular formula is C9H7Br2N. The van der Waals surface area contributed by atoms with Crippen LogP contribution in [0.1, 0.15) is 11.1 Å². The van der Waals surface area contributed by atoms with Gasteiger partial charge in [0.2, 0.25) is 0 Å². The number of nitrogens with two attached hydrogens (primary N) is 1. The van der Waals surface area contributed by atoms with Gasteiger partial charge in [-0.25, -0.2) is 0 Å². The molecular weight excluding hydrogens is 282 g/mol. The molecule has 0 unspecified atom stereocenters. The first kappa shape index (κ1) is 8.32. The first-order chi connectivity index (χ1) is 5.68. The van der Waals surface area contributed by atoms with E-state index in [1.165, 1.54) is 11.1 Å². The van der Waals surface area contributed by atoms with Gasteiger partial charge >= 0.3 is 0 Å². The predicted molar refractivity (Wildman–Crippen MR) is 57.7 cm³/mol. The second-order valence-corrected chi connectivity index (χ2v) is 4.48. The number of fused-ring (bicyclic) bond motifs is 1. The zero-order valence-corrected chi connectivity index (χ0v) is 9.44. The van der Waals surface area contributed by atoms with Crippen molar-refractivity contribution >= 4 is 37.9 Å². The van der Waals surface area contributed by atoms with Crippen LogP contribution < -0.4 is 5.73 Å². The molecule has 0 saturated heterocycles. The molecule has 0 radical (unpaired) electrons. The normalized spacial score (nSPS) is 14.3. The minimum Gasteiger partial charge on any atom is -0.402 e. The summed E-state index contributed by atoms with van der Waals surface area (Å²) in [5, 5.41) is 0. The van der Waals surface area contributed by atoms with E-state index in [0.29, 0.717) is 0 Å². The minimum atomic E-state index is 0.876. The summed E-state index contributed by atoms with van der Waals surface area (Å²) in [6, 6.07) is 4.13. The molecule has 1 aromatic rings. The van der Waals surface area contributed by atoms with Crippen molar-refractivity contribution < 1.29 is 0 Å². The Hall–Kier alpha value is -0.280. The lowest BCUT2D eigenvalue weighted by atomic mass is 10.1. The molecule has 12 heavy (non-hydrogen) atoms. The van der Waals surface area contributed by atoms with Gasteiger partial charge in [0, 0.05) is 21.1 Å². The summed E-state index contributed by atoms with van der Waals surface area (Å²) in [4.78, 5) is 0. The molecule has 0 saturated carbocycles. The van der Waals surface area contributed by atoms with Crippen LogP contribution in [0.5, 0.6) is 0 Å². The Morgan fingerprint density at radius 2 is 2.00 bits per heavy atom. The first-order valence-corrected chi connectivity index (χ1v) is 5.20. The Morgan fingerprint density at radius 3 is 2.75 bits per heavy atom. The van der Waals surface area contributed by atoms with E-state index in [4.69, 9.17) is 5.73 Å². The van der Waals surface area contributed by atoms with Gasteiger partial charge in [-0.2, -0.15) is 0 Å². The van der Waals surface area contributed by atoms with Gasteiger partial charge < -0.3 is 5.73 Å². The van der Waals surface area contributed by atoms with E-state index >= 15 is 0 Å². The molecule has 0 aromatic heterocycles. The van der Waals surface area contributed by atoms with E-state index in [2.05, 4.69) is 37.9 Å². The van der Waals surface area contributed by atoms with Crippen molar-refractivity contribution in [2.75, 3.05) is 0 Å². The third kappa shape index (κ3) is 1.21. The summed E-state index contributed by atoms with van der Waals surface area (Å²) < 4.78 is 2.17. The third-order valence-electron chi connectivity index (χ3n) is 1.95. The van der Waals surface area contributed by atoms with Gasteiger partial charge in [-0.05, 0) is 55.1 Å². The molecule has 62 valence electrons. The molecule has 0 fully saturated rings. The van der Waals surface area contributed by atoms with Crippen LogP contribution in [0.25, 0.3) is 6.08 Å². The van der Waals surface area contributed by atoms with Crippen LogP contribution >= 0.6 is 31.9 Å². The van der Waals surface area contributed by atoms with E-state index < -0.39 is 0 Å². The summed E-state index contributed by atoms with van der Waals surface area (Å²) in [7, 11) is 0. The van der Waals surface area contributed by atoms with Gasteiger partial charge in [-0.15, -0.1) is 0 Å². The van der Waals surface area contributed by atoms with Gasteiger partial charge in [0.25, 0.3) is 0 Å². The molecule has 2 N–H and O–H groups in total. The van der Waals surface area contributed by atoms with Crippen molar-refractivity contribution in [1.29, 1.82) is 0 Å². The van der Waals surface area contributed by atoms with Gasteiger partial charge in [0.05, 0.1) is 0 Å². The molecule has 0 bridgehead atoms. The minimum absolute atomic E-state index is 0.876.